The number of allylic oxidation sites excluding steroid dienone is 1. The molecule has 3 aromatic rings. The van der Waals surface area contributed by atoms with E-state index in [2.05, 4.69) is 0 Å². The van der Waals surface area contributed by atoms with Crippen LogP contribution in [-0.4, -0.2) is 25.0 Å². The molecule has 0 spiro atoms. The Bertz CT molecular complexity index is 1240. The summed E-state index contributed by atoms with van der Waals surface area (Å²) in [6.45, 7) is 6.46. The molecule has 0 aliphatic carbocycles. The van der Waals surface area contributed by atoms with E-state index in [4.69, 9.17) is 18.9 Å². The van der Waals surface area contributed by atoms with Gasteiger partial charge in [-0.05, 0) is 56.7 Å². The first-order chi connectivity index (χ1) is 16.0. The molecule has 1 heterocycles. The van der Waals surface area contributed by atoms with Crippen molar-refractivity contribution in [2.45, 2.75) is 20.8 Å². The number of carbonyl (C=O) groups excluding carboxylic acids is 2. The van der Waals surface area contributed by atoms with Gasteiger partial charge in [-0.3, -0.25) is 4.79 Å². The van der Waals surface area contributed by atoms with Crippen molar-refractivity contribution in [3.8, 4) is 23.0 Å². The summed E-state index contributed by atoms with van der Waals surface area (Å²) in [6, 6.07) is 17.5. The molecule has 0 N–H and O–H groups in total. The topological polar surface area (TPSA) is 71.1 Å². The van der Waals surface area contributed by atoms with Crippen molar-refractivity contribution in [3.05, 3.63) is 88.7 Å². The normalized spacial score (nSPS) is 13.4. The molecule has 0 radical (unpaired) electrons. The molecule has 168 valence electrons. The molecule has 0 aromatic heterocycles. The minimum absolute atomic E-state index is 0.125. The van der Waals surface area contributed by atoms with Gasteiger partial charge in [0.2, 0.25) is 5.78 Å². The third-order valence-electron chi connectivity index (χ3n) is 5.11. The van der Waals surface area contributed by atoms with Gasteiger partial charge in [-0.1, -0.05) is 30.3 Å². The SMILES string of the molecule is CCOc1ccc2c(c1)O/C(=C\c1cccc(OCC)c1OC(=O)c1ccccc1C)C2=O. The number of Topliss-reactive ketones (excluding diaryl/α,β-unsaturated/α-hetero) is 1. The van der Waals surface area contributed by atoms with E-state index < -0.39 is 5.97 Å². The zero-order valence-corrected chi connectivity index (χ0v) is 18.7. The Morgan fingerprint density at radius 3 is 2.52 bits per heavy atom. The summed E-state index contributed by atoms with van der Waals surface area (Å²) in [5.41, 5.74) is 2.19. The molecule has 0 amide bonds. The largest absolute Gasteiger partial charge is 0.494 e. The lowest BCUT2D eigenvalue weighted by molar-refractivity contribution is 0.0727. The van der Waals surface area contributed by atoms with Gasteiger partial charge >= 0.3 is 5.97 Å². The van der Waals surface area contributed by atoms with Crippen LogP contribution in [0.25, 0.3) is 6.08 Å². The van der Waals surface area contributed by atoms with Gasteiger partial charge < -0.3 is 18.9 Å². The number of fused-ring (bicyclic) bond motifs is 1. The summed E-state index contributed by atoms with van der Waals surface area (Å²) in [6.07, 6.45) is 1.56. The van der Waals surface area contributed by atoms with Crippen molar-refractivity contribution in [2.24, 2.45) is 0 Å². The summed E-state index contributed by atoms with van der Waals surface area (Å²) in [5.74, 6) is 1.03. The van der Waals surface area contributed by atoms with Crippen molar-refractivity contribution in [2.75, 3.05) is 13.2 Å². The van der Waals surface area contributed by atoms with Gasteiger partial charge in [0, 0.05) is 11.6 Å². The van der Waals surface area contributed by atoms with Crippen molar-refractivity contribution < 1.29 is 28.5 Å². The molecule has 6 heteroatoms. The van der Waals surface area contributed by atoms with Crippen LogP contribution in [0.1, 0.15) is 45.7 Å². The second-order valence-electron chi connectivity index (χ2n) is 7.34. The lowest BCUT2D eigenvalue weighted by Crippen LogP contribution is -2.12. The van der Waals surface area contributed by atoms with Gasteiger partial charge in [0.25, 0.3) is 0 Å². The van der Waals surface area contributed by atoms with Crippen LogP contribution >= 0.6 is 0 Å². The highest BCUT2D eigenvalue weighted by atomic mass is 16.6. The summed E-state index contributed by atoms with van der Waals surface area (Å²) in [4.78, 5) is 25.8. The molecule has 6 nitrogen and oxygen atoms in total. The van der Waals surface area contributed by atoms with Crippen molar-refractivity contribution in [1.82, 2.24) is 0 Å². The third kappa shape index (κ3) is 4.60. The van der Waals surface area contributed by atoms with Crippen molar-refractivity contribution >= 4 is 17.8 Å². The number of ether oxygens (including phenoxy) is 4. The predicted octanol–water partition coefficient (Wildman–Crippen LogP) is 5.63. The van der Waals surface area contributed by atoms with Crippen LogP contribution in [0.5, 0.6) is 23.0 Å². The fourth-order valence-electron chi connectivity index (χ4n) is 3.54. The lowest BCUT2D eigenvalue weighted by atomic mass is 10.1. The molecule has 0 saturated heterocycles. The summed E-state index contributed by atoms with van der Waals surface area (Å²) >= 11 is 0. The molecule has 4 rings (SSSR count). The van der Waals surface area contributed by atoms with Gasteiger partial charge in [0.1, 0.15) is 11.5 Å². The molecule has 3 aromatic carbocycles. The zero-order valence-electron chi connectivity index (χ0n) is 18.7. The molecule has 0 bridgehead atoms. The first-order valence-electron chi connectivity index (χ1n) is 10.8. The van der Waals surface area contributed by atoms with Crippen LogP contribution in [0.15, 0.2) is 66.4 Å². The molecule has 33 heavy (non-hydrogen) atoms. The summed E-state index contributed by atoms with van der Waals surface area (Å²) < 4.78 is 22.8. The van der Waals surface area contributed by atoms with Crippen LogP contribution in [-0.2, 0) is 0 Å². The Labute approximate surface area is 192 Å². The Morgan fingerprint density at radius 2 is 1.76 bits per heavy atom. The number of carbonyl (C=O) groups is 2. The quantitative estimate of drug-likeness (QED) is 0.267. The third-order valence-corrected chi connectivity index (χ3v) is 5.11. The van der Waals surface area contributed by atoms with Gasteiger partial charge in [-0.15, -0.1) is 0 Å². The number of hydrogen-bond donors (Lipinski definition) is 0. The number of ketones is 1. The fourth-order valence-corrected chi connectivity index (χ4v) is 3.54. The van der Waals surface area contributed by atoms with E-state index in [1.165, 1.54) is 0 Å². The smallest absolute Gasteiger partial charge is 0.343 e. The first kappa shape index (κ1) is 22.1. The van der Waals surface area contributed by atoms with E-state index in [9.17, 15) is 9.59 Å². The molecule has 0 atom stereocenters. The number of aryl methyl sites for hydroxylation is 1. The molecular formula is C27H24O6. The minimum atomic E-state index is -0.511. The van der Waals surface area contributed by atoms with Crippen LogP contribution in [0.3, 0.4) is 0 Å². The molecule has 0 saturated carbocycles. The second kappa shape index (κ2) is 9.61. The zero-order chi connectivity index (χ0) is 23.4. The number of para-hydroxylation sites is 1. The van der Waals surface area contributed by atoms with E-state index in [1.807, 2.05) is 32.9 Å². The first-order valence-corrected chi connectivity index (χ1v) is 10.8. The number of hydrogen-bond acceptors (Lipinski definition) is 6. The number of benzene rings is 3. The Morgan fingerprint density at radius 1 is 0.970 bits per heavy atom. The van der Waals surface area contributed by atoms with Crippen LogP contribution in [0.2, 0.25) is 0 Å². The second-order valence-corrected chi connectivity index (χ2v) is 7.34. The highest BCUT2D eigenvalue weighted by molar-refractivity contribution is 6.14. The van der Waals surface area contributed by atoms with Crippen LogP contribution in [0, 0.1) is 6.92 Å². The number of rotatable bonds is 7. The average molecular weight is 444 g/mol. The monoisotopic (exact) mass is 444 g/mol. The maximum absolute atomic E-state index is 12.9. The van der Waals surface area contributed by atoms with Crippen LogP contribution in [0.4, 0.5) is 0 Å². The van der Waals surface area contributed by atoms with Gasteiger partial charge in [-0.2, -0.15) is 0 Å². The summed E-state index contributed by atoms with van der Waals surface area (Å²) in [7, 11) is 0. The standard InChI is InChI=1S/C27H24O6/c1-4-30-19-13-14-21-23(16-19)32-24(25(21)28)15-18-10-8-12-22(31-5-2)26(18)33-27(29)20-11-7-6-9-17(20)3/h6-16H,4-5H2,1-3H3/b24-15-. The van der Waals surface area contributed by atoms with E-state index in [0.717, 1.165) is 5.56 Å². The maximum Gasteiger partial charge on any atom is 0.343 e. The average Bonchev–Trinajstić information content (AvgIpc) is 3.11. The molecular weight excluding hydrogens is 420 g/mol. The molecule has 1 aliphatic heterocycles. The number of esters is 1. The van der Waals surface area contributed by atoms with Gasteiger partial charge in [0.15, 0.2) is 17.3 Å². The van der Waals surface area contributed by atoms with Crippen molar-refractivity contribution in [3.63, 3.8) is 0 Å². The summed E-state index contributed by atoms with van der Waals surface area (Å²) in [5, 5.41) is 0. The highest BCUT2D eigenvalue weighted by Gasteiger charge is 2.28. The van der Waals surface area contributed by atoms with Crippen LogP contribution < -0.4 is 18.9 Å². The lowest BCUT2D eigenvalue weighted by Gasteiger charge is -2.14. The highest BCUT2D eigenvalue weighted by Crippen LogP contribution is 2.38. The molecule has 1 aliphatic rings. The van der Waals surface area contributed by atoms with Gasteiger partial charge in [0.05, 0.1) is 24.3 Å². The van der Waals surface area contributed by atoms with E-state index in [-0.39, 0.29) is 17.3 Å². The fraction of sp³-hybridized carbons (Fsp3) is 0.185. The Kier molecular flexibility index (Phi) is 6.45. The van der Waals surface area contributed by atoms with Gasteiger partial charge in [-0.25, -0.2) is 4.79 Å². The van der Waals surface area contributed by atoms with E-state index in [0.29, 0.717) is 47.2 Å². The maximum atomic E-state index is 12.9. The van der Waals surface area contributed by atoms with Crippen molar-refractivity contribution in [1.29, 1.82) is 0 Å². The molecule has 0 unspecified atom stereocenters. The Balaban J connectivity index is 1.70. The molecule has 0 fully saturated rings. The Hall–Kier alpha value is -4.06. The van der Waals surface area contributed by atoms with E-state index >= 15 is 0 Å². The minimum Gasteiger partial charge on any atom is -0.494 e. The van der Waals surface area contributed by atoms with E-state index in [1.54, 1.807) is 54.6 Å². The predicted molar refractivity (Wildman–Crippen MR) is 124 cm³/mol.